The number of nitrogens with one attached hydrogen (secondary N) is 2. The van der Waals surface area contributed by atoms with Crippen LogP contribution in [0.1, 0.15) is 11.1 Å². The minimum atomic E-state index is -0.475. The Morgan fingerprint density at radius 3 is 2.34 bits per heavy atom. The first-order valence-electron chi connectivity index (χ1n) is 11.0. The molecule has 0 spiro atoms. The van der Waals surface area contributed by atoms with Gasteiger partial charge in [0.1, 0.15) is 17.2 Å². The van der Waals surface area contributed by atoms with Crippen LogP contribution in [-0.4, -0.2) is 34.7 Å². The summed E-state index contributed by atoms with van der Waals surface area (Å²) in [5, 5.41) is 12.6. The number of methoxy groups -OCH3 is 1. The molecule has 0 unspecified atom stereocenters. The third-order valence-corrected chi connectivity index (χ3v) is 5.42. The molecule has 1 amide bonds. The van der Waals surface area contributed by atoms with Gasteiger partial charge < -0.3 is 24.9 Å². The van der Waals surface area contributed by atoms with Crippen LogP contribution >= 0.6 is 0 Å². The molecule has 4 rings (SSSR count). The predicted octanol–water partition coefficient (Wildman–Crippen LogP) is 3.82. The molecule has 8 heteroatoms. The average molecular weight is 472 g/mol. The van der Waals surface area contributed by atoms with Crippen molar-refractivity contribution < 1.29 is 19.4 Å². The van der Waals surface area contributed by atoms with Crippen LogP contribution < -0.4 is 20.5 Å². The summed E-state index contributed by atoms with van der Waals surface area (Å²) in [6, 6.07) is 21.3. The number of rotatable bonds is 8. The van der Waals surface area contributed by atoms with E-state index in [-0.39, 0.29) is 18.3 Å². The number of aromatic nitrogens is 2. The average Bonchev–Trinajstić information content (AvgIpc) is 2.88. The third-order valence-electron chi connectivity index (χ3n) is 5.42. The Morgan fingerprint density at radius 2 is 1.66 bits per heavy atom. The number of amides is 1. The Hall–Kier alpha value is -4.59. The van der Waals surface area contributed by atoms with Crippen molar-refractivity contribution in [2.75, 3.05) is 13.7 Å². The zero-order valence-corrected chi connectivity index (χ0v) is 19.4. The van der Waals surface area contributed by atoms with Gasteiger partial charge in [-0.1, -0.05) is 12.1 Å². The van der Waals surface area contributed by atoms with Gasteiger partial charge in [0.15, 0.2) is 6.61 Å². The minimum absolute atomic E-state index is 0.119. The van der Waals surface area contributed by atoms with E-state index < -0.39 is 5.69 Å². The molecule has 1 aromatic heterocycles. The molecule has 0 saturated heterocycles. The molecule has 0 bridgehead atoms. The first-order valence-corrected chi connectivity index (χ1v) is 11.0. The van der Waals surface area contributed by atoms with E-state index in [4.69, 9.17) is 9.47 Å². The van der Waals surface area contributed by atoms with Gasteiger partial charge in [0.05, 0.1) is 18.5 Å². The van der Waals surface area contributed by atoms with Crippen molar-refractivity contribution in [3.63, 3.8) is 0 Å². The summed E-state index contributed by atoms with van der Waals surface area (Å²) in [7, 11) is 1.60. The van der Waals surface area contributed by atoms with Crippen LogP contribution in [0.2, 0.25) is 0 Å². The quantitative estimate of drug-likeness (QED) is 0.360. The Morgan fingerprint density at radius 1 is 0.971 bits per heavy atom. The van der Waals surface area contributed by atoms with E-state index in [2.05, 4.69) is 15.3 Å². The Bertz CT molecular complexity index is 1380. The van der Waals surface area contributed by atoms with E-state index in [1.54, 1.807) is 62.6 Å². The number of ether oxygens (including phenoxy) is 2. The van der Waals surface area contributed by atoms with Crippen molar-refractivity contribution in [1.82, 2.24) is 15.3 Å². The van der Waals surface area contributed by atoms with E-state index in [9.17, 15) is 14.7 Å². The second kappa shape index (κ2) is 10.6. The topological polar surface area (TPSA) is 114 Å². The molecule has 1 heterocycles. The molecule has 0 atom stereocenters. The zero-order valence-electron chi connectivity index (χ0n) is 19.4. The lowest BCUT2D eigenvalue weighted by Crippen LogP contribution is -2.28. The van der Waals surface area contributed by atoms with Crippen LogP contribution in [-0.2, 0) is 11.3 Å². The molecule has 0 fully saturated rings. The van der Waals surface area contributed by atoms with Crippen molar-refractivity contribution >= 4 is 5.91 Å². The number of carbonyl (C=O) groups is 1. The maximum atomic E-state index is 12.2. The fourth-order valence-electron chi connectivity index (χ4n) is 3.45. The Kier molecular flexibility index (Phi) is 7.11. The SMILES string of the molecule is COc1ccc(CNC(=O)COc2ccc(-c3cc(-c4ccc(O)c(C)c4)nc(=O)[nH]3)cc2)cc1. The number of nitrogens with zero attached hydrogens (tertiary/aromatic N) is 1. The maximum absolute atomic E-state index is 12.2. The molecule has 3 N–H and O–H groups in total. The van der Waals surface area contributed by atoms with Crippen molar-refractivity contribution in [2.45, 2.75) is 13.5 Å². The molecule has 4 aromatic rings. The van der Waals surface area contributed by atoms with Crippen LogP contribution in [0.5, 0.6) is 17.2 Å². The fourth-order valence-corrected chi connectivity index (χ4v) is 3.45. The molecular weight excluding hydrogens is 446 g/mol. The van der Waals surface area contributed by atoms with Gasteiger partial charge in [-0.2, -0.15) is 4.98 Å². The molecule has 178 valence electrons. The first-order chi connectivity index (χ1) is 16.9. The molecular formula is C27H25N3O5. The second-order valence-corrected chi connectivity index (χ2v) is 7.92. The summed E-state index contributed by atoms with van der Waals surface area (Å²) in [5.74, 6) is 1.23. The van der Waals surface area contributed by atoms with E-state index in [1.165, 1.54) is 0 Å². The van der Waals surface area contributed by atoms with Crippen molar-refractivity contribution in [3.05, 3.63) is 94.4 Å². The molecule has 8 nitrogen and oxygen atoms in total. The summed E-state index contributed by atoms with van der Waals surface area (Å²) >= 11 is 0. The summed E-state index contributed by atoms with van der Waals surface area (Å²) in [4.78, 5) is 31.1. The van der Waals surface area contributed by atoms with E-state index in [0.717, 1.165) is 22.4 Å². The normalized spacial score (nSPS) is 10.6. The Balaban J connectivity index is 1.37. The number of benzene rings is 3. The predicted molar refractivity (Wildman–Crippen MR) is 132 cm³/mol. The van der Waals surface area contributed by atoms with Gasteiger partial charge in [0, 0.05) is 12.1 Å². The highest BCUT2D eigenvalue weighted by Crippen LogP contribution is 2.26. The van der Waals surface area contributed by atoms with Crippen molar-refractivity contribution in [2.24, 2.45) is 0 Å². The number of aryl methyl sites for hydroxylation is 1. The monoisotopic (exact) mass is 471 g/mol. The minimum Gasteiger partial charge on any atom is -0.508 e. The summed E-state index contributed by atoms with van der Waals surface area (Å²) < 4.78 is 10.7. The van der Waals surface area contributed by atoms with Gasteiger partial charge >= 0.3 is 5.69 Å². The number of phenols is 1. The lowest BCUT2D eigenvalue weighted by Gasteiger charge is -2.09. The fraction of sp³-hybridized carbons (Fsp3) is 0.148. The van der Waals surface area contributed by atoms with E-state index in [0.29, 0.717) is 29.2 Å². The highest BCUT2D eigenvalue weighted by atomic mass is 16.5. The smallest absolute Gasteiger partial charge is 0.345 e. The van der Waals surface area contributed by atoms with Crippen LogP contribution in [0.15, 0.2) is 77.6 Å². The molecule has 0 aliphatic rings. The number of aromatic amines is 1. The summed E-state index contributed by atoms with van der Waals surface area (Å²) in [5.41, 5.74) is 3.76. The number of carbonyl (C=O) groups excluding carboxylic acids is 1. The van der Waals surface area contributed by atoms with E-state index >= 15 is 0 Å². The second-order valence-electron chi connectivity index (χ2n) is 7.92. The highest BCUT2D eigenvalue weighted by Gasteiger charge is 2.09. The van der Waals surface area contributed by atoms with Gasteiger partial charge in [-0.15, -0.1) is 0 Å². The standard InChI is InChI=1S/C27H25N3O5/c1-17-13-20(7-12-25(17)31)24-14-23(29-27(33)30-24)19-5-10-22(11-6-19)35-16-26(32)28-15-18-3-8-21(34-2)9-4-18/h3-14,31H,15-16H2,1-2H3,(H,28,32)(H,29,30,33). The summed E-state index contributed by atoms with van der Waals surface area (Å²) in [6.45, 7) is 2.06. The van der Waals surface area contributed by atoms with Crippen LogP contribution in [0.25, 0.3) is 22.5 Å². The number of hydrogen-bond donors (Lipinski definition) is 3. The highest BCUT2D eigenvalue weighted by molar-refractivity contribution is 5.77. The van der Waals surface area contributed by atoms with Gasteiger partial charge in [0.2, 0.25) is 0 Å². The zero-order chi connectivity index (χ0) is 24.8. The number of phenolic OH excluding ortho intramolecular Hbond substituents is 1. The molecule has 3 aromatic carbocycles. The molecule has 0 aliphatic carbocycles. The first kappa shape index (κ1) is 23.6. The van der Waals surface area contributed by atoms with Gasteiger partial charge in [-0.3, -0.25) is 4.79 Å². The van der Waals surface area contributed by atoms with E-state index in [1.807, 2.05) is 24.3 Å². The number of aromatic hydroxyl groups is 1. The molecule has 35 heavy (non-hydrogen) atoms. The molecule has 0 saturated carbocycles. The van der Waals surface area contributed by atoms with Crippen LogP contribution in [0.3, 0.4) is 0 Å². The lowest BCUT2D eigenvalue weighted by molar-refractivity contribution is -0.123. The summed E-state index contributed by atoms with van der Waals surface area (Å²) in [6.07, 6.45) is 0. The van der Waals surface area contributed by atoms with Crippen molar-refractivity contribution in [3.8, 4) is 39.8 Å². The molecule has 0 radical (unpaired) electrons. The van der Waals surface area contributed by atoms with Gasteiger partial charge in [-0.05, 0) is 84.3 Å². The Labute approximate surface area is 202 Å². The maximum Gasteiger partial charge on any atom is 0.345 e. The number of H-pyrrole nitrogens is 1. The lowest BCUT2D eigenvalue weighted by atomic mass is 10.1. The van der Waals surface area contributed by atoms with Gasteiger partial charge in [-0.25, -0.2) is 4.79 Å². The van der Waals surface area contributed by atoms with Crippen LogP contribution in [0, 0.1) is 6.92 Å². The van der Waals surface area contributed by atoms with Crippen LogP contribution in [0.4, 0.5) is 0 Å². The van der Waals surface area contributed by atoms with Crippen molar-refractivity contribution in [1.29, 1.82) is 0 Å². The largest absolute Gasteiger partial charge is 0.508 e. The third kappa shape index (κ3) is 6.05. The molecule has 0 aliphatic heterocycles. The number of hydrogen-bond acceptors (Lipinski definition) is 6. The van der Waals surface area contributed by atoms with Gasteiger partial charge in [0.25, 0.3) is 5.91 Å².